The standard InChI is InChI=1S/C69H102N2O16/c1-6-8-10-12-14-16-18-20-22-24-35-43-58(72)71-63-65(86-59(73)44-36-25-23-21-19-17-15-13-11-9-7-2)64(77)57(51-83-66(78)56(70-68(79)87-69(3,4)5)47-62(76)82-50-54-41-33-28-34-42-54)85-67(63)84-55(45-60(74)80-48-52-37-29-26-30-38-52)46-61(75)81-49-53-39-31-27-32-40-53/h26-34,37-42,55-57,63-65,67,77H,6-25,35-36,43-51H2,1-5H3,(H,70,79)(H,71,72)/t56-,57+,63+,64+,65+,67-/m0/s1. The van der Waals surface area contributed by atoms with Crippen molar-refractivity contribution in [2.24, 2.45) is 0 Å². The first-order valence-electron chi connectivity index (χ1n) is 32.3. The first-order valence-corrected chi connectivity index (χ1v) is 32.3. The molecule has 1 saturated heterocycles. The molecule has 3 N–H and O–H groups in total. The number of amides is 2. The van der Waals surface area contributed by atoms with Crippen LogP contribution in [0.2, 0.25) is 0 Å². The minimum Gasteiger partial charge on any atom is -0.461 e. The molecule has 87 heavy (non-hydrogen) atoms. The molecule has 1 aliphatic rings. The Labute approximate surface area is 517 Å². The fourth-order valence-corrected chi connectivity index (χ4v) is 10.0. The van der Waals surface area contributed by atoms with E-state index in [-0.39, 0.29) is 32.7 Å². The highest BCUT2D eigenvalue weighted by molar-refractivity contribution is 5.86. The molecule has 0 spiro atoms. The molecule has 0 aromatic heterocycles. The number of alkyl carbamates (subject to hydrolysis) is 1. The lowest BCUT2D eigenvalue weighted by molar-refractivity contribution is -0.286. The summed E-state index contributed by atoms with van der Waals surface area (Å²) >= 11 is 0. The van der Waals surface area contributed by atoms with Crippen LogP contribution in [-0.4, -0.2) is 102 Å². The van der Waals surface area contributed by atoms with Crippen LogP contribution >= 0.6 is 0 Å². The molecule has 484 valence electrons. The predicted octanol–water partition coefficient (Wildman–Crippen LogP) is 13.1. The number of aliphatic hydroxyl groups excluding tert-OH is 1. The minimum absolute atomic E-state index is 0.0206. The van der Waals surface area contributed by atoms with E-state index in [4.69, 9.17) is 37.9 Å². The number of ether oxygens (including phenoxy) is 8. The summed E-state index contributed by atoms with van der Waals surface area (Å²) in [6, 6.07) is 23.7. The third-order valence-corrected chi connectivity index (χ3v) is 14.8. The van der Waals surface area contributed by atoms with Crippen LogP contribution in [0.1, 0.15) is 225 Å². The summed E-state index contributed by atoms with van der Waals surface area (Å²) in [6.07, 6.45) is 12.6. The molecular formula is C69H102N2O16. The van der Waals surface area contributed by atoms with E-state index < -0.39 is 116 Å². The van der Waals surface area contributed by atoms with E-state index in [1.54, 1.807) is 99.6 Å². The van der Waals surface area contributed by atoms with Gasteiger partial charge in [0.1, 0.15) is 56.3 Å². The normalized spacial score (nSPS) is 16.9. The maximum absolute atomic E-state index is 14.1. The van der Waals surface area contributed by atoms with Gasteiger partial charge in [-0.15, -0.1) is 0 Å². The number of benzene rings is 3. The molecule has 0 bridgehead atoms. The molecular weight excluding hydrogens is 1110 g/mol. The summed E-state index contributed by atoms with van der Waals surface area (Å²) in [7, 11) is 0. The van der Waals surface area contributed by atoms with Crippen molar-refractivity contribution >= 4 is 41.8 Å². The maximum atomic E-state index is 14.1. The Morgan fingerprint density at radius 2 is 0.920 bits per heavy atom. The molecule has 3 aromatic rings. The molecule has 1 heterocycles. The van der Waals surface area contributed by atoms with Crippen molar-refractivity contribution in [3.63, 3.8) is 0 Å². The summed E-state index contributed by atoms with van der Waals surface area (Å²) in [5.41, 5.74) is 1.10. The molecule has 0 aliphatic carbocycles. The first-order chi connectivity index (χ1) is 42.0. The van der Waals surface area contributed by atoms with E-state index >= 15 is 0 Å². The fraction of sp³-hybridized carbons (Fsp3) is 0.638. The van der Waals surface area contributed by atoms with E-state index in [1.165, 1.54) is 70.6 Å². The highest BCUT2D eigenvalue weighted by Crippen LogP contribution is 2.29. The van der Waals surface area contributed by atoms with Crippen LogP contribution in [0.3, 0.4) is 0 Å². The smallest absolute Gasteiger partial charge is 0.408 e. The van der Waals surface area contributed by atoms with Crippen LogP contribution in [0.15, 0.2) is 91.0 Å². The lowest BCUT2D eigenvalue weighted by atomic mass is 9.95. The number of nitrogens with one attached hydrogen (secondary N) is 2. The summed E-state index contributed by atoms with van der Waals surface area (Å²) in [4.78, 5) is 96.1. The summed E-state index contributed by atoms with van der Waals surface area (Å²) in [5, 5.41) is 17.6. The Morgan fingerprint density at radius 1 is 0.517 bits per heavy atom. The van der Waals surface area contributed by atoms with Gasteiger partial charge in [0, 0.05) is 12.8 Å². The van der Waals surface area contributed by atoms with Gasteiger partial charge in [0.25, 0.3) is 0 Å². The van der Waals surface area contributed by atoms with Gasteiger partial charge in [-0.25, -0.2) is 9.59 Å². The van der Waals surface area contributed by atoms with Crippen LogP contribution in [0.25, 0.3) is 0 Å². The van der Waals surface area contributed by atoms with Crippen molar-refractivity contribution in [2.75, 3.05) is 6.61 Å². The van der Waals surface area contributed by atoms with Gasteiger partial charge in [-0.3, -0.25) is 24.0 Å². The SMILES string of the molecule is CCCCCCCCCCCCCC(=O)N[C@H]1[C@@H](OC(CC(=O)OCc2ccccc2)CC(=O)OCc2ccccc2)O[C@H](COC(=O)[C@H](CC(=O)OCc2ccccc2)NC(=O)OC(C)(C)C)[C@@H](O)[C@@H]1OC(=O)CCCCCCCCCCCCC. The number of carbonyl (C=O) groups excluding carboxylic acids is 7. The van der Waals surface area contributed by atoms with Crippen molar-refractivity contribution in [3.8, 4) is 0 Å². The van der Waals surface area contributed by atoms with Gasteiger partial charge >= 0.3 is 35.9 Å². The van der Waals surface area contributed by atoms with Gasteiger partial charge in [-0.2, -0.15) is 0 Å². The fourth-order valence-electron chi connectivity index (χ4n) is 10.0. The molecule has 18 heteroatoms. The molecule has 6 atom stereocenters. The van der Waals surface area contributed by atoms with Crippen molar-refractivity contribution in [1.82, 2.24) is 10.6 Å². The topological polar surface area (TPSA) is 238 Å². The second-order valence-electron chi connectivity index (χ2n) is 23.8. The molecule has 0 unspecified atom stereocenters. The molecule has 0 radical (unpaired) electrons. The Hall–Kier alpha value is -6.37. The molecule has 1 fully saturated rings. The molecule has 3 aromatic carbocycles. The Balaban J connectivity index is 1.64. The summed E-state index contributed by atoms with van der Waals surface area (Å²) in [6.45, 7) is 8.19. The maximum Gasteiger partial charge on any atom is 0.408 e. The van der Waals surface area contributed by atoms with Gasteiger partial charge in [0.2, 0.25) is 5.91 Å². The number of hydrogen-bond donors (Lipinski definition) is 3. The predicted molar refractivity (Wildman–Crippen MR) is 330 cm³/mol. The monoisotopic (exact) mass is 1210 g/mol. The van der Waals surface area contributed by atoms with E-state index in [1.807, 2.05) is 12.1 Å². The van der Waals surface area contributed by atoms with Gasteiger partial charge in [-0.1, -0.05) is 233 Å². The number of hydrogen-bond acceptors (Lipinski definition) is 16. The first kappa shape index (κ1) is 73.1. The van der Waals surface area contributed by atoms with Crippen molar-refractivity contribution < 1.29 is 76.6 Å². The zero-order valence-electron chi connectivity index (χ0n) is 52.7. The van der Waals surface area contributed by atoms with Crippen LogP contribution < -0.4 is 10.6 Å². The largest absolute Gasteiger partial charge is 0.461 e. The second-order valence-corrected chi connectivity index (χ2v) is 23.8. The average Bonchev–Trinajstić information content (AvgIpc) is 1.23. The van der Waals surface area contributed by atoms with E-state index in [9.17, 15) is 38.7 Å². The molecule has 18 nitrogen and oxygen atoms in total. The Kier molecular flexibility index (Phi) is 36.4. The van der Waals surface area contributed by atoms with Crippen molar-refractivity contribution in [3.05, 3.63) is 108 Å². The number of aliphatic hydroxyl groups is 1. The zero-order chi connectivity index (χ0) is 62.9. The Bertz CT molecular complexity index is 2350. The van der Waals surface area contributed by atoms with E-state index in [2.05, 4.69) is 24.5 Å². The van der Waals surface area contributed by atoms with Gasteiger partial charge < -0.3 is 53.6 Å². The third-order valence-electron chi connectivity index (χ3n) is 14.8. The van der Waals surface area contributed by atoms with E-state index in [0.717, 1.165) is 57.8 Å². The second kappa shape index (κ2) is 43.3. The minimum atomic E-state index is -1.80. The summed E-state index contributed by atoms with van der Waals surface area (Å²) in [5.74, 6) is -4.65. The molecule has 1 aliphatic heterocycles. The number of rotatable bonds is 44. The van der Waals surface area contributed by atoms with Crippen LogP contribution in [-0.2, 0) is 86.5 Å². The number of esters is 5. The highest BCUT2D eigenvalue weighted by Gasteiger charge is 2.50. The molecule has 0 saturated carbocycles. The highest BCUT2D eigenvalue weighted by atomic mass is 16.7. The summed E-state index contributed by atoms with van der Waals surface area (Å²) < 4.78 is 47.1. The lowest BCUT2D eigenvalue weighted by Crippen LogP contribution is -2.66. The van der Waals surface area contributed by atoms with Crippen molar-refractivity contribution in [1.29, 1.82) is 0 Å². The molecule has 2 amide bonds. The number of unbranched alkanes of at least 4 members (excludes halogenated alkanes) is 20. The molecule has 4 rings (SSSR count). The quantitative estimate of drug-likeness (QED) is 0.0271. The average molecular weight is 1220 g/mol. The third kappa shape index (κ3) is 33.0. The van der Waals surface area contributed by atoms with Gasteiger partial charge in [0.15, 0.2) is 12.4 Å². The lowest BCUT2D eigenvalue weighted by Gasteiger charge is -2.44. The van der Waals surface area contributed by atoms with E-state index in [0.29, 0.717) is 29.5 Å². The van der Waals surface area contributed by atoms with Gasteiger partial charge in [-0.05, 0) is 50.3 Å². The van der Waals surface area contributed by atoms with Crippen LogP contribution in [0, 0.1) is 0 Å². The Morgan fingerprint density at radius 3 is 1.34 bits per heavy atom. The van der Waals surface area contributed by atoms with Crippen LogP contribution in [0.5, 0.6) is 0 Å². The number of carbonyl (C=O) groups is 7. The van der Waals surface area contributed by atoms with Gasteiger partial charge in [0.05, 0.1) is 25.4 Å². The van der Waals surface area contributed by atoms with Crippen molar-refractivity contribution in [2.45, 2.75) is 276 Å². The van der Waals surface area contributed by atoms with Crippen LogP contribution in [0.4, 0.5) is 4.79 Å². The zero-order valence-corrected chi connectivity index (χ0v) is 52.7.